The number of carbonyl (C=O) groups is 2. The van der Waals surface area contributed by atoms with E-state index in [4.69, 9.17) is 16.5 Å². The summed E-state index contributed by atoms with van der Waals surface area (Å²) < 4.78 is 0. The molecule has 2 aliphatic heterocycles. The summed E-state index contributed by atoms with van der Waals surface area (Å²) in [5.74, 6) is 1.95. The lowest BCUT2D eigenvalue weighted by atomic mass is 9.94. The molecular weight excluding hydrogens is 404 g/mol. The highest BCUT2D eigenvalue weighted by atomic mass is 16.2. The molecule has 32 heavy (non-hydrogen) atoms. The van der Waals surface area contributed by atoms with Gasteiger partial charge >= 0.3 is 0 Å². The molecule has 8 nitrogen and oxygen atoms in total. The number of amides is 2. The lowest BCUT2D eigenvalue weighted by Gasteiger charge is -2.43. The number of pyridine rings is 1. The van der Waals surface area contributed by atoms with Crippen LogP contribution in [0, 0.1) is 5.92 Å². The fourth-order valence-corrected chi connectivity index (χ4v) is 5.43. The van der Waals surface area contributed by atoms with Gasteiger partial charge in [-0.2, -0.15) is 0 Å². The summed E-state index contributed by atoms with van der Waals surface area (Å²) in [6.07, 6.45) is 7.20. The number of aromatic nitrogens is 1. The van der Waals surface area contributed by atoms with Gasteiger partial charge in [0.25, 0.3) is 0 Å². The van der Waals surface area contributed by atoms with Gasteiger partial charge in [0.1, 0.15) is 0 Å². The largest absolute Gasteiger partial charge is 0.396 e. The molecule has 2 saturated carbocycles. The van der Waals surface area contributed by atoms with Gasteiger partial charge in [0.2, 0.25) is 11.8 Å². The summed E-state index contributed by atoms with van der Waals surface area (Å²) in [4.78, 5) is 36.5. The molecule has 2 aliphatic carbocycles. The summed E-state index contributed by atoms with van der Waals surface area (Å²) in [5.41, 5.74) is 16.6. The van der Waals surface area contributed by atoms with Gasteiger partial charge in [0.05, 0.1) is 17.9 Å². The number of carbonyl (C=O) groups excluding carboxylic acids is 2. The molecule has 0 spiro atoms. The smallest absolute Gasteiger partial charge is 0.236 e. The standard InChI is InChI=1S/C24H36N6O2/c1-2-3-17-13-29(10-11-30(17)24(32)16-6-7-16)23-21(26)18-8-9-28(20(31)12-25)14-19(18)22(27-23)15-4-5-15/h15-17H,2-14,25-26H2,1H3/t17-/m1/s1. The Kier molecular flexibility index (Phi) is 5.73. The van der Waals surface area contributed by atoms with Crippen molar-refractivity contribution in [3.05, 3.63) is 16.8 Å². The Morgan fingerprint density at radius 1 is 1.09 bits per heavy atom. The van der Waals surface area contributed by atoms with Gasteiger partial charge in [-0.25, -0.2) is 4.98 Å². The van der Waals surface area contributed by atoms with Crippen LogP contribution in [0.4, 0.5) is 11.5 Å². The number of nitrogens with zero attached hydrogens (tertiary/aromatic N) is 4. The van der Waals surface area contributed by atoms with Gasteiger partial charge in [0.15, 0.2) is 5.82 Å². The van der Waals surface area contributed by atoms with Crippen LogP contribution in [-0.2, 0) is 22.6 Å². The van der Waals surface area contributed by atoms with Crippen LogP contribution in [0.15, 0.2) is 0 Å². The van der Waals surface area contributed by atoms with E-state index in [1.54, 1.807) is 0 Å². The highest BCUT2D eigenvalue weighted by molar-refractivity contribution is 5.82. The van der Waals surface area contributed by atoms with Crippen LogP contribution in [0.3, 0.4) is 0 Å². The van der Waals surface area contributed by atoms with E-state index in [0.29, 0.717) is 24.9 Å². The molecule has 2 amide bonds. The second-order valence-corrected chi connectivity index (χ2v) is 9.93. The van der Waals surface area contributed by atoms with Crippen molar-refractivity contribution in [2.45, 2.75) is 70.4 Å². The third kappa shape index (κ3) is 3.93. The van der Waals surface area contributed by atoms with Crippen molar-refractivity contribution in [3.8, 4) is 0 Å². The molecule has 0 unspecified atom stereocenters. The number of rotatable bonds is 6. The molecule has 4 N–H and O–H groups in total. The summed E-state index contributed by atoms with van der Waals surface area (Å²) in [6, 6.07) is 0.223. The summed E-state index contributed by atoms with van der Waals surface area (Å²) in [5, 5.41) is 0. The first-order valence-corrected chi connectivity index (χ1v) is 12.4. The second-order valence-electron chi connectivity index (χ2n) is 9.93. The van der Waals surface area contributed by atoms with Gasteiger partial charge < -0.3 is 26.2 Å². The fraction of sp³-hybridized carbons (Fsp3) is 0.708. The minimum absolute atomic E-state index is 0.0149. The van der Waals surface area contributed by atoms with E-state index in [2.05, 4.69) is 16.7 Å². The van der Waals surface area contributed by atoms with Crippen LogP contribution >= 0.6 is 0 Å². The third-order valence-electron chi connectivity index (χ3n) is 7.55. The molecule has 174 valence electrons. The van der Waals surface area contributed by atoms with Crippen LogP contribution < -0.4 is 16.4 Å². The van der Waals surface area contributed by atoms with Gasteiger partial charge in [-0.15, -0.1) is 0 Å². The Bertz CT molecular complexity index is 910. The van der Waals surface area contributed by atoms with Crippen LogP contribution in [0.5, 0.6) is 0 Å². The zero-order valence-corrected chi connectivity index (χ0v) is 19.2. The molecule has 5 rings (SSSR count). The molecule has 0 aromatic carbocycles. The molecule has 1 atom stereocenters. The molecule has 8 heteroatoms. The highest BCUT2D eigenvalue weighted by Crippen LogP contribution is 2.45. The minimum Gasteiger partial charge on any atom is -0.396 e. The Balaban J connectivity index is 1.43. The maximum absolute atomic E-state index is 12.8. The van der Waals surface area contributed by atoms with Crippen molar-refractivity contribution in [2.24, 2.45) is 11.7 Å². The van der Waals surface area contributed by atoms with E-state index in [-0.39, 0.29) is 24.4 Å². The van der Waals surface area contributed by atoms with Gasteiger partial charge in [0, 0.05) is 50.6 Å². The van der Waals surface area contributed by atoms with Crippen molar-refractivity contribution in [1.82, 2.24) is 14.8 Å². The van der Waals surface area contributed by atoms with E-state index in [9.17, 15) is 9.59 Å². The predicted molar refractivity (Wildman–Crippen MR) is 124 cm³/mol. The molecule has 1 aromatic heterocycles. The first kappa shape index (κ1) is 21.5. The molecular formula is C24H36N6O2. The maximum atomic E-state index is 12.8. The van der Waals surface area contributed by atoms with E-state index in [0.717, 1.165) is 87.3 Å². The van der Waals surface area contributed by atoms with E-state index >= 15 is 0 Å². The minimum atomic E-state index is -0.0149. The lowest BCUT2D eigenvalue weighted by molar-refractivity contribution is -0.135. The number of hydrogen-bond acceptors (Lipinski definition) is 6. The summed E-state index contributed by atoms with van der Waals surface area (Å²) in [6.45, 7) is 5.76. The van der Waals surface area contributed by atoms with Crippen molar-refractivity contribution in [2.75, 3.05) is 43.4 Å². The first-order valence-electron chi connectivity index (χ1n) is 12.4. The Labute approximate surface area is 190 Å². The van der Waals surface area contributed by atoms with Crippen LogP contribution in [-0.4, -0.2) is 65.4 Å². The number of hydrogen-bond donors (Lipinski definition) is 2. The van der Waals surface area contributed by atoms with E-state index < -0.39 is 0 Å². The number of anilines is 2. The van der Waals surface area contributed by atoms with Gasteiger partial charge in [-0.1, -0.05) is 13.3 Å². The Morgan fingerprint density at radius 3 is 2.53 bits per heavy atom. The molecule has 0 radical (unpaired) electrons. The van der Waals surface area contributed by atoms with Crippen molar-refractivity contribution in [3.63, 3.8) is 0 Å². The maximum Gasteiger partial charge on any atom is 0.236 e. The second kappa shape index (κ2) is 8.54. The van der Waals surface area contributed by atoms with Crippen molar-refractivity contribution in [1.29, 1.82) is 0 Å². The Hall–Kier alpha value is -2.35. The third-order valence-corrected chi connectivity index (χ3v) is 7.55. The molecule has 0 bridgehead atoms. The van der Waals surface area contributed by atoms with E-state index in [1.165, 1.54) is 5.56 Å². The average molecular weight is 441 g/mol. The quantitative estimate of drug-likeness (QED) is 0.696. The number of nitrogens with two attached hydrogens (primary N) is 2. The molecule has 4 aliphatic rings. The zero-order valence-electron chi connectivity index (χ0n) is 19.2. The monoisotopic (exact) mass is 440 g/mol. The summed E-state index contributed by atoms with van der Waals surface area (Å²) >= 11 is 0. The molecule has 1 aromatic rings. The molecule has 3 heterocycles. The van der Waals surface area contributed by atoms with Crippen molar-refractivity contribution >= 4 is 23.3 Å². The van der Waals surface area contributed by atoms with Crippen LogP contribution in [0.1, 0.15) is 68.2 Å². The number of fused-ring (bicyclic) bond motifs is 1. The fourth-order valence-electron chi connectivity index (χ4n) is 5.43. The van der Waals surface area contributed by atoms with Crippen LogP contribution in [0.2, 0.25) is 0 Å². The van der Waals surface area contributed by atoms with Gasteiger partial charge in [-0.3, -0.25) is 9.59 Å². The van der Waals surface area contributed by atoms with Gasteiger partial charge in [-0.05, 0) is 49.7 Å². The van der Waals surface area contributed by atoms with Crippen LogP contribution in [0.25, 0.3) is 0 Å². The first-order chi connectivity index (χ1) is 15.5. The normalized spacial score (nSPS) is 23.3. The lowest BCUT2D eigenvalue weighted by Crippen LogP contribution is -2.56. The predicted octanol–water partition coefficient (Wildman–Crippen LogP) is 1.61. The number of nitrogen functional groups attached to an aromatic ring is 1. The number of piperazine rings is 1. The van der Waals surface area contributed by atoms with E-state index in [1.807, 2.05) is 4.90 Å². The van der Waals surface area contributed by atoms with Crippen molar-refractivity contribution < 1.29 is 9.59 Å². The molecule has 1 saturated heterocycles. The zero-order chi connectivity index (χ0) is 22.4. The average Bonchev–Trinajstić information content (AvgIpc) is 3.71. The highest BCUT2D eigenvalue weighted by Gasteiger charge is 2.40. The Morgan fingerprint density at radius 2 is 1.88 bits per heavy atom. The SMILES string of the molecule is CCC[C@@H]1CN(c2nc(C3CC3)c3c(c2N)CCN(C(=O)CN)C3)CCN1C(=O)C1CC1. The topological polar surface area (TPSA) is 109 Å². The summed E-state index contributed by atoms with van der Waals surface area (Å²) in [7, 11) is 0. The molecule has 3 fully saturated rings.